The van der Waals surface area contributed by atoms with E-state index in [1.807, 2.05) is 0 Å². The fourth-order valence-corrected chi connectivity index (χ4v) is 3.17. The number of carbonyl (C=O) groups is 1. The van der Waals surface area contributed by atoms with Crippen LogP contribution in [0.25, 0.3) is 0 Å². The zero-order chi connectivity index (χ0) is 11.3. The first-order valence-corrected chi connectivity index (χ1v) is 6.48. The van der Waals surface area contributed by atoms with Crippen molar-refractivity contribution in [3.63, 3.8) is 0 Å². The van der Waals surface area contributed by atoms with Gasteiger partial charge in [-0.3, -0.25) is 4.79 Å². The van der Waals surface area contributed by atoms with Gasteiger partial charge in [0.15, 0.2) is 0 Å². The summed E-state index contributed by atoms with van der Waals surface area (Å²) in [4.78, 5) is 13.5. The number of carbonyl (C=O) groups excluding carboxylic acids is 1. The molecule has 5 heteroatoms. The molecule has 15 heavy (non-hydrogen) atoms. The summed E-state index contributed by atoms with van der Waals surface area (Å²) in [5, 5.41) is 0.197. The van der Waals surface area contributed by atoms with Gasteiger partial charge in [0.2, 0.25) is 0 Å². The molecule has 0 bridgehead atoms. The molecule has 84 valence electrons. The molecule has 0 saturated heterocycles. The lowest BCUT2D eigenvalue weighted by Gasteiger charge is -2.11. The summed E-state index contributed by atoms with van der Waals surface area (Å²) in [6.45, 7) is 2.61. The lowest BCUT2D eigenvalue weighted by Crippen LogP contribution is -2.12. The molecule has 0 aliphatic rings. The summed E-state index contributed by atoms with van der Waals surface area (Å²) in [5.41, 5.74) is 5.68. The van der Waals surface area contributed by atoms with Crippen molar-refractivity contribution in [2.45, 2.75) is 12.2 Å². The molecule has 0 aliphatic carbocycles. The quantitative estimate of drug-likeness (QED) is 0.806. The Morgan fingerprint density at radius 2 is 2.40 bits per heavy atom. The minimum Gasteiger partial charge on any atom is -0.468 e. The Hall–Kier alpha value is -0.520. The lowest BCUT2D eigenvalue weighted by molar-refractivity contribution is -0.137. The van der Waals surface area contributed by atoms with Gasteiger partial charge in [0.05, 0.1) is 18.1 Å². The number of nitrogens with two attached hydrogens (primary N) is 1. The zero-order valence-corrected chi connectivity index (χ0v) is 10.5. The summed E-state index contributed by atoms with van der Waals surface area (Å²) >= 11 is 3.26. The van der Waals surface area contributed by atoms with Gasteiger partial charge < -0.3 is 10.5 Å². The smallest absolute Gasteiger partial charge is 0.315 e. The first-order chi connectivity index (χ1) is 7.17. The highest BCUT2D eigenvalue weighted by Gasteiger charge is 2.14. The van der Waals surface area contributed by atoms with E-state index in [0.29, 0.717) is 12.3 Å². The minimum atomic E-state index is -0.202. The Morgan fingerprint density at radius 3 is 2.87 bits per heavy atom. The average Bonchev–Trinajstić information content (AvgIpc) is 2.65. The number of methoxy groups -OCH3 is 1. The van der Waals surface area contributed by atoms with Crippen LogP contribution in [-0.4, -0.2) is 25.4 Å². The molecule has 1 heterocycles. The molecular weight excluding hydrogens is 230 g/mol. The molecule has 2 N–H and O–H groups in total. The van der Waals surface area contributed by atoms with Crippen molar-refractivity contribution in [3.05, 3.63) is 21.9 Å². The summed E-state index contributed by atoms with van der Waals surface area (Å²) < 4.78 is 4.59. The number of esters is 1. The van der Waals surface area contributed by atoms with E-state index in [1.54, 1.807) is 11.3 Å². The Balaban J connectivity index is 2.53. The van der Waals surface area contributed by atoms with E-state index in [4.69, 9.17) is 5.73 Å². The van der Waals surface area contributed by atoms with E-state index in [9.17, 15) is 4.79 Å². The monoisotopic (exact) mass is 245 g/mol. The third-order valence-electron chi connectivity index (χ3n) is 1.92. The van der Waals surface area contributed by atoms with Crippen molar-refractivity contribution in [2.24, 2.45) is 5.73 Å². The molecule has 0 spiro atoms. The predicted molar refractivity (Wildman–Crippen MR) is 65.3 cm³/mol. The van der Waals surface area contributed by atoms with Crippen LogP contribution in [-0.2, 0) is 9.53 Å². The maximum atomic E-state index is 11.0. The zero-order valence-electron chi connectivity index (χ0n) is 8.86. The topological polar surface area (TPSA) is 52.3 Å². The van der Waals surface area contributed by atoms with Gasteiger partial charge in [-0.25, -0.2) is 0 Å². The second-order valence-electron chi connectivity index (χ2n) is 3.06. The Morgan fingerprint density at radius 1 is 1.67 bits per heavy atom. The van der Waals surface area contributed by atoms with Crippen LogP contribution in [0.15, 0.2) is 12.1 Å². The standard InChI is InChI=1S/C10H15NO2S2/c1-7-3-4-8(15-7)9(5-11)14-6-10(12)13-2/h3-4,9H,5-6,11H2,1-2H3. The molecule has 1 aromatic rings. The van der Waals surface area contributed by atoms with E-state index in [-0.39, 0.29) is 11.2 Å². The van der Waals surface area contributed by atoms with Gasteiger partial charge in [-0.15, -0.1) is 23.1 Å². The second kappa shape index (κ2) is 6.15. The SMILES string of the molecule is COC(=O)CSC(CN)c1ccc(C)s1. The highest BCUT2D eigenvalue weighted by atomic mass is 32.2. The lowest BCUT2D eigenvalue weighted by atomic mass is 10.3. The number of ether oxygens (including phenoxy) is 1. The van der Waals surface area contributed by atoms with Gasteiger partial charge in [-0.05, 0) is 19.1 Å². The normalized spacial score (nSPS) is 12.5. The Bertz CT molecular complexity index is 325. The summed E-state index contributed by atoms with van der Waals surface area (Å²) in [5.74, 6) is 0.154. The van der Waals surface area contributed by atoms with Gasteiger partial charge >= 0.3 is 5.97 Å². The molecule has 1 aromatic heterocycles. The molecular formula is C10H15NO2S2. The van der Waals surface area contributed by atoms with Crippen LogP contribution in [0.5, 0.6) is 0 Å². The van der Waals surface area contributed by atoms with Crippen LogP contribution in [0.3, 0.4) is 0 Å². The first kappa shape index (κ1) is 12.5. The number of hydrogen-bond acceptors (Lipinski definition) is 5. The van der Waals surface area contributed by atoms with Gasteiger partial charge in [0, 0.05) is 16.3 Å². The van der Waals surface area contributed by atoms with Crippen molar-refractivity contribution in [3.8, 4) is 0 Å². The van der Waals surface area contributed by atoms with E-state index >= 15 is 0 Å². The highest BCUT2D eigenvalue weighted by Crippen LogP contribution is 2.32. The van der Waals surface area contributed by atoms with Crippen LogP contribution in [0.2, 0.25) is 0 Å². The Labute approximate surface area is 98.0 Å². The van der Waals surface area contributed by atoms with Crippen LogP contribution < -0.4 is 5.73 Å². The highest BCUT2D eigenvalue weighted by molar-refractivity contribution is 8.00. The maximum Gasteiger partial charge on any atom is 0.315 e. The number of aryl methyl sites for hydroxylation is 1. The molecule has 0 aromatic carbocycles. The second-order valence-corrected chi connectivity index (χ2v) is 5.57. The van der Waals surface area contributed by atoms with Gasteiger partial charge in [-0.1, -0.05) is 0 Å². The van der Waals surface area contributed by atoms with Gasteiger partial charge in [-0.2, -0.15) is 0 Å². The molecule has 0 saturated carbocycles. The first-order valence-electron chi connectivity index (χ1n) is 4.62. The summed E-state index contributed by atoms with van der Waals surface area (Å²) in [7, 11) is 1.40. The van der Waals surface area contributed by atoms with Crippen molar-refractivity contribution >= 4 is 29.1 Å². The van der Waals surface area contributed by atoms with Gasteiger partial charge in [0.25, 0.3) is 0 Å². The fraction of sp³-hybridized carbons (Fsp3) is 0.500. The van der Waals surface area contributed by atoms with E-state index in [0.717, 1.165) is 0 Å². The minimum absolute atomic E-state index is 0.197. The van der Waals surface area contributed by atoms with Crippen LogP contribution in [0.1, 0.15) is 15.0 Å². The molecule has 0 radical (unpaired) electrons. The van der Waals surface area contributed by atoms with Crippen LogP contribution in [0.4, 0.5) is 0 Å². The molecule has 1 rings (SSSR count). The number of rotatable bonds is 5. The number of hydrogen-bond donors (Lipinski definition) is 1. The van der Waals surface area contributed by atoms with Crippen molar-refractivity contribution in [2.75, 3.05) is 19.4 Å². The molecule has 1 atom stereocenters. The van der Waals surface area contributed by atoms with E-state index in [2.05, 4.69) is 23.8 Å². The van der Waals surface area contributed by atoms with E-state index in [1.165, 1.54) is 28.6 Å². The molecule has 0 amide bonds. The number of thiophene rings is 1. The summed E-state index contributed by atoms with van der Waals surface area (Å²) in [6.07, 6.45) is 0. The van der Waals surface area contributed by atoms with Crippen molar-refractivity contribution < 1.29 is 9.53 Å². The number of thioether (sulfide) groups is 1. The molecule has 0 aliphatic heterocycles. The summed E-state index contributed by atoms with van der Waals surface area (Å²) in [6, 6.07) is 4.14. The molecule has 3 nitrogen and oxygen atoms in total. The third-order valence-corrected chi connectivity index (χ3v) is 4.44. The van der Waals surface area contributed by atoms with Crippen LogP contribution in [0, 0.1) is 6.92 Å². The van der Waals surface area contributed by atoms with Crippen molar-refractivity contribution in [1.82, 2.24) is 0 Å². The Kier molecular flexibility index (Phi) is 5.14. The average molecular weight is 245 g/mol. The maximum absolute atomic E-state index is 11.0. The van der Waals surface area contributed by atoms with Gasteiger partial charge in [0.1, 0.15) is 0 Å². The van der Waals surface area contributed by atoms with Crippen LogP contribution >= 0.6 is 23.1 Å². The largest absolute Gasteiger partial charge is 0.468 e. The predicted octanol–water partition coefficient (Wildman–Crippen LogP) is 1.96. The molecule has 0 fully saturated rings. The molecule has 1 unspecified atom stereocenters. The third kappa shape index (κ3) is 3.85. The van der Waals surface area contributed by atoms with E-state index < -0.39 is 0 Å². The fourth-order valence-electron chi connectivity index (χ4n) is 1.12. The van der Waals surface area contributed by atoms with Crippen molar-refractivity contribution in [1.29, 1.82) is 0 Å².